The Hall–Kier alpha value is -2.24. The van der Waals surface area contributed by atoms with Crippen LogP contribution in [0.3, 0.4) is 0 Å². The van der Waals surface area contributed by atoms with E-state index in [0.717, 1.165) is 0 Å². The zero-order valence-corrected chi connectivity index (χ0v) is 7.61. The van der Waals surface area contributed by atoms with Crippen molar-refractivity contribution in [3.63, 3.8) is 0 Å². The number of nitrogens with zero attached hydrogens (tertiary/aromatic N) is 3. The molecule has 0 saturated carbocycles. The van der Waals surface area contributed by atoms with E-state index in [2.05, 4.69) is 14.9 Å². The number of aromatic nitrogens is 2. The van der Waals surface area contributed by atoms with Gasteiger partial charge in [-0.2, -0.15) is 0 Å². The number of rotatable bonds is 3. The lowest BCUT2D eigenvalue weighted by Gasteiger charge is -2.04. The Labute approximate surface area is 84.6 Å². The van der Waals surface area contributed by atoms with Crippen molar-refractivity contribution >= 4 is 0 Å². The lowest BCUT2D eigenvalue weighted by molar-refractivity contribution is -0.518. The minimum absolute atomic E-state index is 0.200. The summed E-state index contributed by atoms with van der Waals surface area (Å²) in [6.07, 6.45) is 1.25. The van der Waals surface area contributed by atoms with Crippen molar-refractivity contribution in [3.05, 3.63) is 57.9 Å². The molecule has 0 fully saturated rings. The number of hydrogen-bond acceptors (Lipinski definition) is 5. The quantitative estimate of drug-likeness (QED) is 0.559. The Morgan fingerprint density at radius 2 is 2.07 bits per heavy atom. The van der Waals surface area contributed by atoms with Gasteiger partial charge >= 0.3 is 0 Å². The summed E-state index contributed by atoms with van der Waals surface area (Å²) >= 11 is 0. The maximum Gasteiger partial charge on any atom is 0.284 e. The van der Waals surface area contributed by atoms with Crippen molar-refractivity contribution in [2.75, 3.05) is 0 Å². The summed E-state index contributed by atoms with van der Waals surface area (Å²) in [5.74, 6) is 0. The third kappa shape index (κ3) is 1.83. The van der Waals surface area contributed by atoms with Gasteiger partial charge in [-0.1, -0.05) is 35.5 Å². The Bertz CT molecular complexity index is 441. The third-order valence-electron chi connectivity index (χ3n) is 1.98. The molecule has 0 amide bonds. The van der Waals surface area contributed by atoms with E-state index in [0.29, 0.717) is 5.56 Å². The van der Waals surface area contributed by atoms with E-state index in [4.69, 9.17) is 0 Å². The largest absolute Gasteiger partial charge is 0.284 e. The second kappa shape index (κ2) is 3.87. The summed E-state index contributed by atoms with van der Waals surface area (Å²) in [4.78, 5) is 10.5. The highest BCUT2D eigenvalue weighted by Gasteiger charge is 2.28. The van der Waals surface area contributed by atoms with Gasteiger partial charge in [-0.25, -0.2) is 4.63 Å². The molecule has 1 aromatic carbocycles. The molecule has 2 rings (SSSR count). The number of hydrogen-bond donors (Lipinski definition) is 0. The molecule has 0 spiro atoms. The van der Waals surface area contributed by atoms with Crippen LogP contribution in [0.1, 0.15) is 17.3 Å². The average molecular weight is 205 g/mol. The van der Waals surface area contributed by atoms with Crippen molar-refractivity contribution in [1.82, 2.24) is 10.3 Å². The van der Waals surface area contributed by atoms with Gasteiger partial charge in [0.15, 0.2) is 5.69 Å². The molecule has 0 bridgehead atoms. The van der Waals surface area contributed by atoms with E-state index >= 15 is 0 Å². The normalized spacial score (nSPS) is 12.3. The molecule has 0 saturated heterocycles. The van der Waals surface area contributed by atoms with Crippen LogP contribution in [0, 0.1) is 10.1 Å². The molecule has 1 atom stereocenters. The number of nitro groups is 1. The van der Waals surface area contributed by atoms with Crippen LogP contribution in [0.25, 0.3) is 0 Å². The molecule has 1 aromatic heterocycles. The standard InChI is InChI=1S/C9H7N3O3/c13-12(14)9(8-6-10-15-11-8)7-4-2-1-3-5-7/h1-6,9H. The molecular formula is C9H7N3O3. The molecule has 2 aromatic rings. The van der Waals surface area contributed by atoms with Crippen LogP contribution < -0.4 is 0 Å². The van der Waals surface area contributed by atoms with Crippen molar-refractivity contribution in [3.8, 4) is 0 Å². The van der Waals surface area contributed by atoms with Crippen LogP contribution in [0.2, 0.25) is 0 Å². The van der Waals surface area contributed by atoms with Gasteiger partial charge in [-0.15, -0.1) is 0 Å². The maximum absolute atomic E-state index is 10.9. The van der Waals surface area contributed by atoms with Gasteiger partial charge in [0.2, 0.25) is 0 Å². The fourth-order valence-electron chi connectivity index (χ4n) is 1.33. The Balaban J connectivity index is 2.42. The second-order valence-corrected chi connectivity index (χ2v) is 2.93. The zero-order chi connectivity index (χ0) is 10.7. The van der Waals surface area contributed by atoms with Crippen LogP contribution in [0.4, 0.5) is 0 Å². The van der Waals surface area contributed by atoms with E-state index in [1.807, 2.05) is 0 Å². The molecule has 0 N–H and O–H groups in total. The third-order valence-corrected chi connectivity index (χ3v) is 1.98. The summed E-state index contributed by atoms with van der Waals surface area (Å²) in [5.41, 5.74) is 0.754. The van der Waals surface area contributed by atoms with Crippen molar-refractivity contribution < 1.29 is 9.55 Å². The van der Waals surface area contributed by atoms with Gasteiger partial charge in [0.05, 0.1) is 0 Å². The van der Waals surface area contributed by atoms with Crippen molar-refractivity contribution in [1.29, 1.82) is 0 Å². The summed E-state index contributed by atoms with van der Waals surface area (Å²) in [7, 11) is 0. The SMILES string of the molecule is O=[N+]([O-])C(c1ccccc1)c1cnon1. The maximum atomic E-state index is 10.9. The first kappa shape index (κ1) is 9.32. The first-order valence-electron chi connectivity index (χ1n) is 4.25. The smallest absolute Gasteiger partial charge is 0.263 e. The van der Waals surface area contributed by atoms with Crippen LogP contribution >= 0.6 is 0 Å². The second-order valence-electron chi connectivity index (χ2n) is 2.93. The van der Waals surface area contributed by atoms with E-state index in [9.17, 15) is 10.1 Å². The molecule has 76 valence electrons. The molecule has 1 heterocycles. The highest BCUT2D eigenvalue weighted by Crippen LogP contribution is 2.22. The lowest BCUT2D eigenvalue weighted by Crippen LogP contribution is -2.12. The summed E-state index contributed by atoms with van der Waals surface area (Å²) < 4.78 is 4.36. The molecule has 6 heteroatoms. The number of benzene rings is 1. The Morgan fingerprint density at radius 3 is 2.60 bits per heavy atom. The Kier molecular flexibility index (Phi) is 2.40. The zero-order valence-electron chi connectivity index (χ0n) is 7.61. The lowest BCUT2D eigenvalue weighted by atomic mass is 10.1. The minimum atomic E-state index is -1.02. The molecule has 0 aliphatic rings. The molecule has 15 heavy (non-hydrogen) atoms. The highest BCUT2D eigenvalue weighted by atomic mass is 16.6. The van der Waals surface area contributed by atoms with E-state index in [1.54, 1.807) is 30.3 Å². The van der Waals surface area contributed by atoms with Gasteiger partial charge in [-0.05, 0) is 5.16 Å². The minimum Gasteiger partial charge on any atom is -0.263 e. The first-order chi connectivity index (χ1) is 7.29. The monoisotopic (exact) mass is 205 g/mol. The summed E-state index contributed by atoms with van der Waals surface area (Å²) in [6.45, 7) is 0. The van der Waals surface area contributed by atoms with E-state index in [1.165, 1.54) is 6.20 Å². The van der Waals surface area contributed by atoms with Gasteiger partial charge in [0.1, 0.15) is 6.20 Å². The first-order valence-corrected chi connectivity index (χ1v) is 4.25. The molecule has 0 radical (unpaired) electrons. The van der Waals surface area contributed by atoms with Crippen molar-refractivity contribution in [2.45, 2.75) is 6.04 Å². The predicted molar refractivity (Wildman–Crippen MR) is 49.6 cm³/mol. The molecule has 0 aliphatic carbocycles. The fraction of sp³-hybridized carbons (Fsp3) is 0.111. The van der Waals surface area contributed by atoms with Crippen LogP contribution in [-0.4, -0.2) is 15.2 Å². The highest BCUT2D eigenvalue weighted by molar-refractivity contribution is 5.23. The topological polar surface area (TPSA) is 82.1 Å². The summed E-state index contributed by atoms with van der Waals surface area (Å²) in [5, 5.41) is 17.7. The average Bonchev–Trinajstić information content (AvgIpc) is 2.72. The molecule has 1 unspecified atom stereocenters. The van der Waals surface area contributed by atoms with Gasteiger partial charge in [0.25, 0.3) is 6.04 Å². The van der Waals surface area contributed by atoms with Crippen LogP contribution in [0.15, 0.2) is 41.2 Å². The van der Waals surface area contributed by atoms with Crippen molar-refractivity contribution in [2.24, 2.45) is 0 Å². The molecule has 0 aliphatic heterocycles. The van der Waals surface area contributed by atoms with Gasteiger partial charge in [0, 0.05) is 10.5 Å². The van der Waals surface area contributed by atoms with Crippen LogP contribution in [-0.2, 0) is 0 Å². The van der Waals surface area contributed by atoms with Gasteiger partial charge in [-0.3, -0.25) is 10.1 Å². The fourth-order valence-corrected chi connectivity index (χ4v) is 1.33. The predicted octanol–water partition coefficient (Wildman–Crippen LogP) is 1.44. The van der Waals surface area contributed by atoms with Gasteiger partial charge < -0.3 is 0 Å². The Morgan fingerprint density at radius 1 is 1.33 bits per heavy atom. The molecule has 6 nitrogen and oxygen atoms in total. The van der Waals surface area contributed by atoms with E-state index < -0.39 is 11.0 Å². The molecular weight excluding hydrogens is 198 g/mol. The summed E-state index contributed by atoms with van der Waals surface area (Å²) in [6, 6.07) is 7.59. The van der Waals surface area contributed by atoms with E-state index in [-0.39, 0.29) is 5.69 Å². The van der Waals surface area contributed by atoms with Crippen LogP contribution in [0.5, 0.6) is 0 Å².